The molecule has 0 spiro atoms. The molecule has 0 bridgehead atoms. The van der Waals surface area contributed by atoms with Crippen molar-refractivity contribution >= 4 is 0 Å². The lowest BCUT2D eigenvalue weighted by molar-refractivity contribution is -0.458. The van der Waals surface area contributed by atoms with Gasteiger partial charge in [-0.15, -0.1) is 0 Å². The van der Waals surface area contributed by atoms with Crippen molar-refractivity contribution in [2.45, 2.75) is 46.0 Å². The first-order chi connectivity index (χ1) is 5.57. The normalized spacial score (nSPS) is 37.2. The molecule has 0 aliphatic carbocycles. The highest BCUT2D eigenvalue weighted by molar-refractivity contribution is 4.75. The summed E-state index contributed by atoms with van der Waals surface area (Å²) in [6, 6.07) is 0. The zero-order valence-corrected chi connectivity index (χ0v) is 8.29. The van der Waals surface area contributed by atoms with Crippen molar-refractivity contribution in [1.29, 1.82) is 0 Å². The van der Waals surface area contributed by atoms with Gasteiger partial charge >= 0.3 is 0 Å². The van der Waals surface area contributed by atoms with E-state index in [2.05, 4.69) is 20.8 Å². The molecule has 0 saturated carbocycles. The summed E-state index contributed by atoms with van der Waals surface area (Å²) in [6.45, 7) is 8.76. The van der Waals surface area contributed by atoms with Gasteiger partial charge in [0.1, 0.15) is 6.61 Å². The molecule has 3 nitrogen and oxygen atoms in total. The topological polar surface area (TPSA) is 27.7 Å². The van der Waals surface area contributed by atoms with Crippen LogP contribution in [-0.4, -0.2) is 18.5 Å². The summed E-state index contributed by atoms with van der Waals surface area (Å²) >= 11 is 0. The Labute approximate surface area is 73.9 Å². The smallest absolute Gasteiger partial charge is 0.194 e. The van der Waals surface area contributed by atoms with E-state index in [4.69, 9.17) is 14.5 Å². The summed E-state index contributed by atoms with van der Waals surface area (Å²) in [7, 11) is 0. The molecule has 1 aliphatic rings. The first kappa shape index (κ1) is 9.96. The summed E-state index contributed by atoms with van der Waals surface area (Å²) < 4.78 is 5.74. The van der Waals surface area contributed by atoms with Gasteiger partial charge in [-0.1, -0.05) is 20.8 Å². The number of hydrogen-bond donors (Lipinski definition) is 0. The van der Waals surface area contributed by atoms with Gasteiger partial charge in [0, 0.05) is 5.92 Å². The average molecular weight is 174 g/mol. The van der Waals surface area contributed by atoms with E-state index >= 15 is 0 Å². The lowest BCUT2D eigenvalue weighted by Gasteiger charge is -2.38. The lowest BCUT2D eigenvalue weighted by atomic mass is 10.0. The van der Waals surface area contributed by atoms with Crippen LogP contribution in [-0.2, 0) is 14.5 Å². The van der Waals surface area contributed by atoms with Gasteiger partial charge < -0.3 is 4.74 Å². The van der Waals surface area contributed by atoms with Crippen molar-refractivity contribution in [2.24, 2.45) is 5.92 Å². The Morgan fingerprint density at radius 2 is 2.17 bits per heavy atom. The Balaban J connectivity index is 2.51. The van der Waals surface area contributed by atoms with Gasteiger partial charge in [-0.05, 0) is 13.3 Å². The third-order valence-corrected chi connectivity index (χ3v) is 2.22. The maximum absolute atomic E-state index is 5.74. The van der Waals surface area contributed by atoms with Gasteiger partial charge in [0.15, 0.2) is 6.29 Å². The van der Waals surface area contributed by atoms with E-state index < -0.39 is 0 Å². The van der Waals surface area contributed by atoms with Gasteiger partial charge in [0.2, 0.25) is 0 Å². The summed E-state index contributed by atoms with van der Waals surface area (Å²) in [5.74, 6) is 0.330. The number of ether oxygens (including phenoxy) is 1. The Kier molecular flexibility index (Phi) is 3.09. The molecule has 1 fully saturated rings. The first-order valence-corrected chi connectivity index (χ1v) is 4.53. The van der Waals surface area contributed by atoms with Crippen molar-refractivity contribution in [2.75, 3.05) is 6.61 Å². The van der Waals surface area contributed by atoms with E-state index in [0.717, 1.165) is 6.42 Å². The Morgan fingerprint density at radius 1 is 1.50 bits per heavy atom. The minimum atomic E-state index is -0.219. The molecule has 1 aliphatic heterocycles. The van der Waals surface area contributed by atoms with Crippen molar-refractivity contribution in [3.8, 4) is 0 Å². The van der Waals surface area contributed by atoms with E-state index in [-0.39, 0.29) is 11.9 Å². The minimum Gasteiger partial charge on any atom is -0.341 e. The third-order valence-electron chi connectivity index (χ3n) is 2.22. The molecule has 1 saturated heterocycles. The number of rotatable bonds is 2. The summed E-state index contributed by atoms with van der Waals surface area (Å²) in [4.78, 5) is 10.0. The summed E-state index contributed by atoms with van der Waals surface area (Å²) in [6.07, 6.45) is 0.725. The van der Waals surface area contributed by atoms with E-state index in [9.17, 15) is 0 Å². The standard InChI is InChI=1S/C9H18O3/c1-5-9(4)6-10-12-8(11-9)7(2)3/h7-8H,5-6H2,1-4H3/t8-,9+/m1/s1. The minimum absolute atomic E-state index is 0.173. The lowest BCUT2D eigenvalue weighted by Crippen LogP contribution is -2.45. The van der Waals surface area contributed by atoms with E-state index in [1.807, 2.05) is 6.92 Å². The van der Waals surface area contributed by atoms with Gasteiger partial charge in [0.25, 0.3) is 0 Å². The van der Waals surface area contributed by atoms with Crippen LogP contribution in [0, 0.1) is 5.92 Å². The zero-order valence-electron chi connectivity index (χ0n) is 8.29. The molecule has 0 radical (unpaired) electrons. The van der Waals surface area contributed by atoms with Crippen molar-refractivity contribution in [3.63, 3.8) is 0 Å². The molecule has 1 rings (SSSR count). The van der Waals surface area contributed by atoms with Crippen LogP contribution in [0.25, 0.3) is 0 Å². The highest BCUT2D eigenvalue weighted by Gasteiger charge is 2.34. The fraction of sp³-hybridized carbons (Fsp3) is 1.00. The SMILES string of the molecule is CC[C@@]1(C)COO[C@H](C(C)C)O1. The largest absolute Gasteiger partial charge is 0.341 e. The molecule has 0 N–H and O–H groups in total. The second-order valence-corrected chi connectivity index (χ2v) is 3.89. The maximum atomic E-state index is 5.74. The maximum Gasteiger partial charge on any atom is 0.194 e. The van der Waals surface area contributed by atoms with Gasteiger partial charge in [-0.2, -0.15) is 0 Å². The van der Waals surface area contributed by atoms with Crippen LogP contribution in [0.5, 0.6) is 0 Å². The van der Waals surface area contributed by atoms with Gasteiger partial charge in [0.05, 0.1) is 5.60 Å². The van der Waals surface area contributed by atoms with Crippen LogP contribution in [0.1, 0.15) is 34.1 Å². The summed E-state index contributed by atoms with van der Waals surface area (Å²) in [5, 5.41) is 0. The van der Waals surface area contributed by atoms with Crippen LogP contribution in [0.3, 0.4) is 0 Å². The third kappa shape index (κ3) is 2.19. The fourth-order valence-corrected chi connectivity index (χ4v) is 0.992. The van der Waals surface area contributed by atoms with Crippen LogP contribution < -0.4 is 0 Å². The quantitative estimate of drug-likeness (QED) is 0.600. The van der Waals surface area contributed by atoms with Crippen LogP contribution >= 0.6 is 0 Å². The van der Waals surface area contributed by atoms with E-state index in [0.29, 0.717) is 12.5 Å². The van der Waals surface area contributed by atoms with Crippen molar-refractivity contribution in [1.82, 2.24) is 0 Å². The molecular weight excluding hydrogens is 156 g/mol. The molecule has 0 amide bonds. The Hall–Kier alpha value is -0.120. The van der Waals surface area contributed by atoms with E-state index in [1.54, 1.807) is 0 Å². The van der Waals surface area contributed by atoms with Crippen LogP contribution in [0.2, 0.25) is 0 Å². The average Bonchev–Trinajstić information content (AvgIpc) is 2.05. The second kappa shape index (κ2) is 3.73. The van der Waals surface area contributed by atoms with Gasteiger partial charge in [-0.25, -0.2) is 9.78 Å². The number of hydrogen-bond acceptors (Lipinski definition) is 3. The molecule has 0 aromatic carbocycles. The van der Waals surface area contributed by atoms with Crippen LogP contribution in [0.15, 0.2) is 0 Å². The highest BCUT2D eigenvalue weighted by atomic mass is 17.2. The molecule has 0 unspecified atom stereocenters. The van der Waals surface area contributed by atoms with E-state index in [1.165, 1.54) is 0 Å². The molecule has 3 heteroatoms. The highest BCUT2D eigenvalue weighted by Crippen LogP contribution is 2.26. The molecule has 0 aromatic rings. The molecular formula is C9H18O3. The Morgan fingerprint density at radius 3 is 2.67 bits per heavy atom. The van der Waals surface area contributed by atoms with Crippen LogP contribution in [0.4, 0.5) is 0 Å². The molecule has 12 heavy (non-hydrogen) atoms. The zero-order chi connectivity index (χ0) is 9.19. The first-order valence-electron chi connectivity index (χ1n) is 4.53. The fourth-order valence-electron chi connectivity index (χ4n) is 0.992. The molecule has 1 heterocycles. The second-order valence-electron chi connectivity index (χ2n) is 3.89. The summed E-state index contributed by atoms with van der Waals surface area (Å²) in [5.41, 5.74) is -0.173. The molecule has 2 atom stereocenters. The molecule has 0 aromatic heterocycles. The van der Waals surface area contributed by atoms with Crippen molar-refractivity contribution in [3.05, 3.63) is 0 Å². The monoisotopic (exact) mass is 174 g/mol. The predicted octanol–water partition coefficient (Wildman–Crippen LogP) is 2.12. The molecule has 72 valence electrons. The predicted molar refractivity (Wildman–Crippen MR) is 45.4 cm³/mol. The Bertz CT molecular complexity index is 147. The van der Waals surface area contributed by atoms with Crippen molar-refractivity contribution < 1.29 is 14.5 Å². The van der Waals surface area contributed by atoms with Gasteiger partial charge in [-0.3, -0.25) is 0 Å².